The minimum atomic E-state index is -0.702. The summed E-state index contributed by atoms with van der Waals surface area (Å²) in [5, 5.41) is 9.91. The molecule has 18 heavy (non-hydrogen) atoms. The summed E-state index contributed by atoms with van der Waals surface area (Å²) in [6.07, 6.45) is 0.901. The van der Waals surface area contributed by atoms with Crippen molar-refractivity contribution in [2.24, 2.45) is 5.92 Å². The molecular formula is C14H18O4. The van der Waals surface area contributed by atoms with Gasteiger partial charge in [-0.1, -0.05) is 18.2 Å². The first-order chi connectivity index (χ1) is 8.53. The van der Waals surface area contributed by atoms with Gasteiger partial charge in [0, 0.05) is 17.9 Å². The number of phenolic OH excluding ortho intramolecular Hbond substituents is 1. The quantitative estimate of drug-likeness (QED) is 0.837. The van der Waals surface area contributed by atoms with Gasteiger partial charge in [-0.3, -0.25) is 0 Å². The summed E-state index contributed by atoms with van der Waals surface area (Å²) >= 11 is 0. The Morgan fingerprint density at radius 2 is 2.17 bits per heavy atom. The van der Waals surface area contributed by atoms with Crippen LogP contribution in [0.25, 0.3) is 0 Å². The van der Waals surface area contributed by atoms with Crippen LogP contribution in [0.1, 0.15) is 31.9 Å². The largest absolute Gasteiger partial charge is 0.508 e. The molecule has 1 fully saturated rings. The highest BCUT2D eigenvalue weighted by Gasteiger charge is 2.38. The van der Waals surface area contributed by atoms with Crippen molar-refractivity contribution in [2.45, 2.75) is 32.2 Å². The van der Waals surface area contributed by atoms with Crippen LogP contribution in [0, 0.1) is 5.92 Å². The second kappa shape index (κ2) is 5.08. The number of carbonyl (C=O) groups excluding carboxylic acids is 1. The highest BCUT2D eigenvalue weighted by molar-refractivity contribution is 5.50. The van der Waals surface area contributed by atoms with Gasteiger partial charge in [-0.15, -0.1) is 0 Å². The lowest BCUT2D eigenvalue weighted by atomic mass is 9.91. The number of hydrogen-bond donors (Lipinski definition) is 1. The first-order valence-electron chi connectivity index (χ1n) is 6.07. The lowest BCUT2D eigenvalue weighted by molar-refractivity contribution is -0.295. The Hall–Kier alpha value is -1.39. The van der Waals surface area contributed by atoms with E-state index >= 15 is 0 Å². The average molecular weight is 250 g/mol. The Morgan fingerprint density at radius 3 is 2.83 bits per heavy atom. The number of benzene rings is 1. The normalized spacial score (nSPS) is 26.8. The number of hydrogen-bond acceptors (Lipinski definition) is 4. The van der Waals surface area contributed by atoms with Crippen molar-refractivity contribution < 1.29 is 19.4 Å². The van der Waals surface area contributed by atoms with Gasteiger partial charge in [0.1, 0.15) is 12.0 Å². The Balaban J connectivity index is 2.30. The third-order valence-corrected chi connectivity index (χ3v) is 3.13. The zero-order chi connectivity index (χ0) is 13.2. The second-order valence-electron chi connectivity index (χ2n) is 4.97. The zero-order valence-electron chi connectivity index (χ0n) is 10.6. The molecule has 0 aliphatic carbocycles. The molecule has 1 aliphatic heterocycles. The van der Waals surface area contributed by atoms with E-state index in [1.807, 2.05) is 26.0 Å². The second-order valence-corrected chi connectivity index (χ2v) is 4.97. The van der Waals surface area contributed by atoms with Crippen LogP contribution in [0.2, 0.25) is 0 Å². The van der Waals surface area contributed by atoms with E-state index in [0.29, 0.717) is 18.6 Å². The van der Waals surface area contributed by atoms with Crippen LogP contribution in [0.5, 0.6) is 5.75 Å². The molecular weight excluding hydrogens is 232 g/mol. The summed E-state index contributed by atoms with van der Waals surface area (Å²) in [6.45, 7) is 4.11. The third-order valence-electron chi connectivity index (χ3n) is 3.13. The van der Waals surface area contributed by atoms with Crippen LogP contribution in [0.4, 0.5) is 0 Å². The van der Waals surface area contributed by atoms with Gasteiger partial charge in [-0.05, 0) is 19.9 Å². The van der Waals surface area contributed by atoms with Gasteiger partial charge in [0.25, 0.3) is 0 Å². The maximum Gasteiger partial charge on any atom is 0.163 e. The fourth-order valence-electron chi connectivity index (χ4n) is 2.19. The lowest BCUT2D eigenvalue weighted by Crippen LogP contribution is -2.41. The van der Waals surface area contributed by atoms with E-state index in [1.54, 1.807) is 12.1 Å². The highest BCUT2D eigenvalue weighted by Crippen LogP contribution is 2.40. The summed E-state index contributed by atoms with van der Waals surface area (Å²) in [4.78, 5) is 10.7. The van der Waals surface area contributed by atoms with E-state index in [-0.39, 0.29) is 17.8 Å². The van der Waals surface area contributed by atoms with Gasteiger partial charge in [0.2, 0.25) is 0 Å². The van der Waals surface area contributed by atoms with Gasteiger partial charge in [-0.25, -0.2) is 0 Å². The molecule has 2 rings (SSSR count). The van der Waals surface area contributed by atoms with Crippen molar-refractivity contribution in [3.8, 4) is 5.75 Å². The molecule has 2 atom stereocenters. The topological polar surface area (TPSA) is 55.8 Å². The number of rotatable bonds is 3. The highest BCUT2D eigenvalue weighted by atomic mass is 16.7. The standard InChI is InChI=1S/C14H18O4/c1-14(2)17-9-10(7-8-15)13(18-14)11-5-3-4-6-12(11)16/h3-6,8,10,13,16H,7,9H2,1-2H3/t10-,13+/m1/s1. The monoisotopic (exact) mass is 250 g/mol. The SMILES string of the molecule is CC1(C)OC[C@@H](CC=O)[C@@H](c2ccccc2O)O1. The molecule has 0 amide bonds. The summed E-state index contributed by atoms with van der Waals surface area (Å²) in [5.74, 6) is -0.577. The van der Waals surface area contributed by atoms with E-state index in [9.17, 15) is 9.90 Å². The van der Waals surface area contributed by atoms with Crippen LogP contribution in [-0.4, -0.2) is 23.8 Å². The van der Waals surface area contributed by atoms with Crippen molar-refractivity contribution in [3.63, 3.8) is 0 Å². The summed E-state index contributed by atoms with van der Waals surface area (Å²) < 4.78 is 11.4. The molecule has 0 radical (unpaired) electrons. The first-order valence-corrected chi connectivity index (χ1v) is 6.07. The summed E-state index contributed by atoms with van der Waals surface area (Å²) in [6, 6.07) is 7.05. The fraction of sp³-hybridized carbons (Fsp3) is 0.500. The smallest absolute Gasteiger partial charge is 0.163 e. The molecule has 1 saturated heterocycles. The van der Waals surface area contributed by atoms with Crippen LogP contribution >= 0.6 is 0 Å². The summed E-state index contributed by atoms with van der Waals surface area (Å²) in [7, 11) is 0. The van der Waals surface area contributed by atoms with Gasteiger partial charge >= 0.3 is 0 Å². The van der Waals surface area contributed by atoms with Crippen molar-refractivity contribution in [1.82, 2.24) is 0 Å². The molecule has 0 saturated carbocycles. The molecule has 98 valence electrons. The van der Waals surface area contributed by atoms with Crippen molar-refractivity contribution in [3.05, 3.63) is 29.8 Å². The van der Waals surface area contributed by atoms with Gasteiger partial charge < -0.3 is 19.4 Å². The zero-order valence-corrected chi connectivity index (χ0v) is 10.6. The van der Waals surface area contributed by atoms with Crippen molar-refractivity contribution in [2.75, 3.05) is 6.61 Å². The third kappa shape index (κ3) is 2.71. The number of phenols is 1. The predicted molar refractivity (Wildman–Crippen MR) is 66.1 cm³/mol. The van der Waals surface area contributed by atoms with Crippen LogP contribution < -0.4 is 0 Å². The van der Waals surface area contributed by atoms with Crippen molar-refractivity contribution in [1.29, 1.82) is 0 Å². The first kappa shape index (κ1) is 13.1. The molecule has 1 aliphatic rings. The van der Waals surface area contributed by atoms with E-state index in [1.165, 1.54) is 0 Å². The minimum Gasteiger partial charge on any atom is -0.508 e. The summed E-state index contributed by atoms with van der Waals surface area (Å²) in [5.41, 5.74) is 0.709. The van der Waals surface area contributed by atoms with Crippen molar-refractivity contribution >= 4 is 6.29 Å². The Kier molecular flexibility index (Phi) is 3.68. The van der Waals surface area contributed by atoms with Crippen LogP contribution in [0.15, 0.2) is 24.3 Å². The molecule has 1 aromatic rings. The minimum absolute atomic E-state index is 0.0659. The number of carbonyl (C=O) groups is 1. The molecule has 1 N–H and O–H groups in total. The fourth-order valence-corrected chi connectivity index (χ4v) is 2.19. The Morgan fingerprint density at radius 1 is 1.44 bits per heavy atom. The molecule has 4 heteroatoms. The molecule has 0 aromatic heterocycles. The maximum absolute atomic E-state index is 10.7. The van der Waals surface area contributed by atoms with E-state index in [2.05, 4.69) is 0 Å². The molecule has 1 aromatic carbocycles. The number of ether oxygens (including phenoxy) is 2. The van der Waals surface area contributed by atoms with E-state index in [0.717, 1.165) is 6.29 Å². The molecule has 0 bridgehead atoms. The lowest BCUT2D eigenvalue weighted by Gasteiger charge is -2.41. The Labute approximate surface area is 107 Å². The molecule has 0 spiro atoms. The number of aldehydes is 1. The van der Waals surface area contributed by atoms with Gasteiger partial charge in [0.15, 0.2) is 5.79 Å². The maximum atomic E-state index is 10.7. The molecule has 1 heterocycles. The molecule has 4 nitrogen and oxygen atoms in total. The van der Waals surface area contributed by atoms with E-state index < -0.39 is 5.79 Å². The van der Waals surface area contributed by atoms with E-state index in [4.69, 9.17) is 9.47 Å². The molecule has 0 unspecified atom stereocenters. The van der Waals surface area contributed by atoms with Gasteiger partial charge in [0.05, 0.1) is 12.7 Å². The van der Waals surface area contributed by atoms with Crippen LogP contribution in [-0.2, 0) is 14.3 Å². The average Bonchev–Trinajstić information content (AvgIpc) is 2.32. The predicted octanol–water partition coefficient (Wildman–Crippen LogP) is 2.42. The van der Waals surface area contributed by atoms with Gasteiger partial charge in [-0.2, -0.15) is 0 Å². The Bertz CT molecular complexity index is 428. The number of aromatic hydroxyl groups is 1. The number of para-hydroxylation sites is 1. The van der Waals surface area contributed by atoms with Crippen LogP contribution in [0.3, 0.4) is 0 Å².